The summed E-state index contributed by atoms with van der Waals surface area (Å²) in [6, 6.07) is 7.87. The molecule has 1 aromatic rings. The molecule has 1 aliphatic heterocycles. The van der Waals surface area contributed by atoms with E-state index in [-0.39, 0.29) is 24.0 Å². The Balaban J connectivity index is 1.56. The molecule has 1 unspecified atom stereocenters. The Hall–Kier alpha value is -1.55. The molecule has 1 atom stereocenters. The summed E-state index contributed by atoms with van der Waals surface area (Å²) in [5, 5.41) is 15.9. The predicted molar refractivity (Wildman–Crippen MR) is 78.6 cm³/mol. The second kappa shape index (κ2) is 5.44. The van der Waals surface area contributed by atoms with Gasteiger partial charge in [-0.2, -0.15) is 0 Å². The largest absolute Gasteiger partial charge is 0.396 e. The number of rotatable bonds is 4. The van der Waals surface area contributed by atoms with Crippen molar-refractivity contribution in [2.24, 2.45) is 5.41 Å². The molecule has 0 aromatic heterocycles. The van der Waals surface area contributed by atoms with E-state index < -0.39 is 0 Å². The number of amides is 1. The second-order valence-corrected chi connectivity index (χ2v) is 6.14. The van der Waals surface area contributed by atoms with Gasteiger partial charge in [-0.1, -0.05) is 31.0 Å². The lowest BCUT2D eigenvalue weighted by Gasteiger charge is -2.27. The molecule has 3 rings (SSSR count). The minimum absolute atomic E-state index is 0.0425. The van der Waals surface area contributed by atoms with Gasteiger partial charge in [0, 0.05) is 24.1 Å². The second-order valence-electron chi connectivity index (χ2n) is 6.14. The summed E-state index contributed by atoms with van der Waals surface area (Å²) >= 11 is 0. The highest BCUT2D eigenvalue weighted by atomic mass is 16.3. The number of aliphatic hydroxyl groups is 1. The maximum absolute atomic E-state index is 12.3. The number of nitrogens with one attached hydrogen (secondary N) is 2. The van der Waals surface area contributed by atoms with Crippen molar-refractivity contribution in [1.29, 1.82) is 0 Å². The van der Waals surface area contributed by atoms with E-state index in [1.54, 1.807) is 0 Å². The predicted octanol–water partition coefficient (Wildman–Crippen LogP) is 1.69. The van der Waals surface area contributed by atoms with Crippen molar-refractivity contribution in [1.82, 2.24) is 5.32 Å². The monoisotopic (exact) mass is 274 g/mol. The Morgan fingerprint density at radius 3 is 2.80 bits per heavy atom. The summed E-state index contributed by atoms with van der Waals surface area (Å²) < 4.78 is 0. The summed E-state index contributed by atoms with van der Waals surface area (Å²) in [6.07, 6.45) is 5.09. The van der Waals surface area contributed by atoms with Crippen LogP contribution in [-0.4, -0.2) is 30.2 Å². The highest BCUT2D eigenvalue weighted by Crippen LogP contribution is 2.37. The minimum Gasteiger partial charge on any atom is -0.396 e. The number of hydrogen-bond donors (Lipinski definition) is 3. The van der Waals surface area contributed by atoms with Crippen LogP contribution in [0.25, 0.3) is 0 Å². The van der Waals surface area contributed by atoms with E-state index in [9.17, 15) is 9.90 Å². The molecular weight excluding hydrogens is 252 g/mol. The summed E-state index contributed by atoms with van der Waals surface area (Å²) in [6.45, 7) is 0.766. The third-order valence-corrected chi connectivity index (χ3v) is 4.72. The Kier molecular flexibility index (Phi) is 3.66. The molecule has 4 nitrogen and oxygen atoms in total. The smallest absolute Gasteiger partial charge is 0.242 e. The Morgan fingerprint density at radius 1 is 1.35 bits per heavy atom. The molecule has 2 aliphatic rings. The Bertz CT molecular complexity index is 470. The van der Waals surface area contributed by atoms with Crippen LogP contribution in [0.3, 0.4) is 0 Å². The van der Waals surface area contributed by atoms with Crippen molar-refractivity contribution in [3.63, 3.8) is 0 Å². The Morgan fingerprint density at radius 2 is 2.10 bits per heavy atom. The lowest BCUT2D eigenvalue weighted by atomic mass is 9.87. The van der Waals surface area contributed by atoms with Crippen LogP contribution < -0.4 is 10.6 Å². The molecular formula is C16H22N2O2. The number of fused-ring (bicyclic) bond motifs is 1. The van der Waals surface area contributed by atoms with E-state index in [1.165, 1.54) is 5.56 Å². The first kappa shape index (κ1) is 13.4. The van der Waals surface area contributed by atoms with Gasteiger partial charge in [0.1, 0.15) is 6.04 Å². The third-order valence-electron chi connectivity index (χ3n) is 4.72. The van der Waals surface area contributed by atoms with E-state index >= 15 is 0 Å². The summed E-state index contributed by atoms with van der Waals surface area (Å²) in [4.78, 5) is 12.3. The zero-order valence-electron chi connectivity index (χ0n) is 11.7. The van der Waals surface area contributed by atoms with Crippen LogP contribution in [0, 0.1) is 5.41 Å². The molecule has 1 saturated carbocycles. The van der Waals surface area contributed by atoms with Crippen LogP contribution in [0.2, 0.25) is 0 Å². The molecule has 1 aromatic carbocycles. The SMILES string of the molecule is O=C(NCC1(CO)CCCC1)C1Cc2ccccc2N1. The highest BCUT2D eigenvalue weighted by Gasteiger charge is 2.34. The van der Waals surface area contributed by atoms with Gasteiger partial charge in [0.15, 0.2) is 0 Å². The quantitative estimate of drug-likeness (QED) is 0.783. The van der Waals surface area contributed by atoms with Crippen molar-refractivity contribution < 1.29 is 9.90 Å². The van der Waals surface area contributed by atoms with Gasteiger partial charge >= 0.3 is 0 Å². The summed E-state index contributed by atoms with van der Waals surface area (Å²) in [5.74, 6) is 0.0425. The van der Waals surface area contributed by atoms with Crippen LogP contribution in [0.4, 0.5) is 5.69 Å². The molecule has 3 N–H and O–H groups in total. The van der Waals surface area contributed by atoms with Crippen molar-refractivity contribution >= 4 is 11.6 Å². The zero-order chi connectivity index (χ0) is 14.0. The molecule has 1 fully saturated rings. The van der Waals surface area contributed by atoms with Crippen molar-refractivity contribution in [3.05, 3.63) is 29.8 Å². The average molecular weight is 274 g/mol. The van der Waals surface area contributed by atoms with Crippen molar-refractivity contribution in [2.75, 3.05) is 18.5 Å². The first-order valence-corrected chi connectivity index (χ1v) is 7.45. The number of para-hydroxylation sites is 1. The van der Waals surface area contributed by atoms with Crippen molar-refractivity contribution in [3.8, 4) is 0 Å². The molecule has 0 saturated heterocycles. The molecule has 0 spiro atoms. The number of hydrogen-bond acceptors (Lipinski definition) is 3. The number of carbonyl (C=O) groups excluding carboxylic acids is 1. The van der Waals surface area contributed by atoms with Crippen LogP contribution in [-0.2, 0) is 11.2 Å². The van der Waals surface area contributed by atoms with Gasteiger partial charge in [-0.05, 0) is 24.5 Å². The van der Waals surface area contributed by atoms with Gasteiger partial charge in [-0.15, -0.1) is 0 Å². The normalized spacial score (nSPS) is 23.1. The number of aliphatic hydroxyl groups excluding tert-OH is 1. The van der Waals surface area contributed by atoms with Gasteiger partial charge in [0.05, 0.1) is 6.61 Å². The third kappa shape index (κ3) is 2.52. The zero-order valence-corrected chi connectivity index (χ0v) is 11.7. The van der Waals surface area contributed by atoms with Crippen LogP contribution in [0.15, 0.2) is 24.3 Å². The highest BCUT2D eigenvalue weighted by molar-refractivity contribution is 5.87. The van der Waals surface area contributed by atoms with E-state index in [0.29, 0.717) is 6.54 Å². The summed E-state index contributed by atoms with van der Waals surface area (Å²) in [5.41, 5.74) is 2.18. The van der Waals surface area contributed by atoms with Gasteiger partial charge in [-0.3, -0.25) is 4.79 Å². The molecule has 1 amide bonds. The van der Waals surface area contributed by atoms with Crippen LogP contribution in [0.5, 0.6) is 0 Å². The van der Waals surface area contributed by atoms with Gasteiger partial charge in [0.25, 0.3) is 0 Å². The van der Waals surface area contributed by atoms with Gasteiger partial charge in [0.2, 0.25) is 5.91 Å². The molecule has 1 heterocycles. The van der Waals surface area contributed by atoms with Gasteiger partial charge in [-0.25, -0.2) is 0 Å². The van der Waals surface area contributed by atoms with Crippen molar-refractivity contribution in [2.45, 2.75) is 38.1 Å². The molecule has 0 radical (unpaired) electrons. The number of carbonyl (C=O) groups is 1. The molecule has 20 heavy (non-hydrogen) atoms. The van der Waals surface area contributed by atoms with E-state index in [0.717, 1.165) is 37.8 Å². The Labute approximate surface area is 119 Å². The number of benzene rings is 1. The standard InChI is InChI=1S/C16H22N2O2/c19-11-16(7-3-4-8-16)10-17-15(20)14-9-12-5-1-2-6-13(12)18-14/h1-2,5-6,14,18-19H,3-4,7-11H2,(H,17,20). The summed E-state index contributed by atoms with van der Waals surface area (Å²) in [7, 11) is 0. The number of anilines is 1. The minimum atomic E-state index is -0.176. The maximum Gasteiger partial charge on any atom is 0.242 e. The van der Waals surface area contributed by atoms with E-state index in [1.807, 2.05) is 18.2 Å². The van der Waals surface area contributed by atoms with Crippen LogP contribution in [0.1, 0.15) is 31.2 Å². The van der Waals surface area contributed by atoms with Crippen LogP contribution >= 0.6 is 0 Å². The fraction of sp³-hybridized carbons (Fsp3) is 0.562. The first-order valence-electron chi connectivity index (χ1n) is 7.45. The average Bonchev–Trinajstić information content (AvgIpc) is 3.12. The van der Waals surface area contributed by atoms with Gasteiger partial charge < -0.3 is 15.7 Å². The lowest BCUT2D eigenvalue weighted by molar-refractivity contribution is -0.122. The lowest BCUT2D eigenvalue weighted by Crippen LogP contribution is -2.44. The fourth-order valence-electron chi connectivity index (χ4n) is 3.37. The fourth-order valence-corrected chi connectivity index (χ4v) is 3.37. The molecule has 108 valence electrons. The topological polar surface area (TPSA) is 61.4 Å². The first-order chi connectivity index (χ1) is 9.72. The maximum atomic E-state index is 12.3. The van der Waals surface area contributed by atoms with E-state index in [2.05, 4.69) is 16.7 Å². The molecule has 1 aliphatic carbocycles. The van der Waals surface area contributed by atoms with E-state index in [4.69, 9.17) is 0 Å². The molecule has 4 heteroatoms. The molecule has 0 bridgehead atoms.